The molecule has 1 saturated carbocycles. The first-order chi connectivity index (χ1) is 11.1. The number of rotatable bonds is 5. The minimum Gasteiger partial charge on any atom is -0.380 e. The second-order valence-electron chi connectivity index (χ2n) is 7.12. The minimum atomic E-state index is 0.0593. The van der Waals surface area contributed by atoms with Crippen LogP contribution in [0.2, 0.25) is 0 Å². The van der Waals surface area contributed by atoms with Crippen LogP contribution in [-0.2, 0) is 4.74 Å². The molecule has 0 unspecified atom stereocenters. The molecule has 1 aliphatic carbocycles. The number of hydrogen-bond acceptors (Lipinski definition) is 6. The quantitative estimate of drug-likeness (QED) is 0.902. The average molecular weight is 316 g/mol. The molecular formula is C16H24N6O. The molecule has 2 fully saturated rings. The maximum absolute atomic E-state index is 5.46. The van der Waals surface area contributed by atoms with Gasteiger partial charge in [-0.15, -0.1) is 10.2 Å². The smallest absolute Gasteiger partial charge is 0.200 e. The van der Waals surface area contributed by atoms with Crippen molar-refractivity contribution < 1.29 is 4.74 Å². The van der Waals surface area contributed by atoms with Crippen LogP contribution in [-0.4, -0.2) is 63.1 Å². The normalized spacial score (nSPS) is 20.1. The lowest BCUT2D eigenvalue weighted by atomic mass is 10.0. The summed E-state index contributed by atoms with van der Waals surface area (Å²) in [6, 6.07) is 2.15. The highest BCUT2D eigenvalue weighted by atomic mass is 16.5. The van der Waals surface area contributed by atoms with Crippen molar-refractivity contribution in [1.29, 1.82) is 0 Å². The number of nitrogens with one attached hydrogen (secondary N) is 1. The molecule has 0 bridgehead atoms. The fraction of sp³-hybridized carbons (Fsp3) is 0.688. The monoisotopic (exact) mass is 316 g/mol. The number of anilines is 1. The number of ether oxygens (including phenoxy) is 1. The molecule has 2 aromatic heterocycles. The van der Waals surface area contributed by atoms with Crippen LogP contribution < -0.4 is 5.32 Å². The highest BCUT2D eigenvalue weighted by molar-refractivity contribution is 5.67. The lowest BCUT2D eigenvalue weighted by Crippen LogP contribution is -2.53. The van der Waals surface area contributed by atoms with Gasteiger partial charge in [-0.2, -0.15) is 9.61 Å². The van der Waals surface area contributed by atoms with Gasteiger partial charge >= 0.3 is 0 Å². The first kappa shape index (κ1) is 14.8. The van der Waals surface area contributed by atoms with Gasteiger partial charge in [-0.05, 0) is 32.8 Å². The van der Waals surface area contributed by atoms with Gasteiger partial charge in [0, 0.05) is 31.1 Å². The summed E-state index contributed by atoms with van der Waals surface area (Å²) in [5, 5.41) is 16.4. The molecule has 7 nitrogen and oxygen atoms in total. The van der Waals surface area contributed by atoms with E-state index in [2.05, 4.69) is 45.4 Å². The topological polar surface area (TPSA) is 67.6 Å². The fourth-order valence-electron chi connectivity index (χ4n) is 3.15. The summed E-state index contributed by atoms with van der Waals surface area (Å²) in [6.07, 6.45) is 4.15. The molecule has 0 amide bonds. The first-order valence-electron chi connectivity index (χ1n) is 8.41. The Kier molecular flexibility index (Phi) is 3.69. The van der Waals surface area contributed by atoms with Crippen molar-refractivity contribution in [3.63, 3.8) is 0 Å². The van der Waals surface area contributed by atoms with Crippen LogP contribution in [0.15, 0.2) is 12.4 Å². The summed E-state index contributed by atoms with van der Waals surface area (Å²) in [5.41, 5.74) is 3.03. The molecule has 124 valence electrons. The standard InChI is InChI=1S/C16H24N6O/c1-16(2,21-5-7-23-8-6-21)10-17-14-9-13(12-3-4-12)20-22-11-18-19-15(14)22/h9,11-12,17H,3-8,10H2,1-2H3. The van der Waals surface area contributed by atoms with Gasteiger partial charge in [-0.1, -0.05) is 0 Å². The summed E-state index contributed by atoms with van der Waals surface area (Å²) in [4.78, 5) is 2.48. The molecule has 2 aromatic rings. The van der Waals surface area contributed by atoms with Crippen LogP contribution in [0.1, 0.15) is 38.3 Å². The van der Waals surface area contributed by atoms with Crippen LogP contribution in [0.3, 0.4) is 0 Å². The maximum atomic E-state index is 5.46. The Bertz CT molecular complexity index is 687. The molecular weight excluding hydrogens is 292 g/mol. The lowest BCUT2D eigenvalue weighted by Gasteiger charge is -2.41. The van der Waals surface area contributed by atoms with E-state index in [0.717, 1.165) is 49.9 Å². The molecule has 0 atom stereocenters. The summed E-state index contributed by atoms with van der Waals surface area (Å²) < 4.78 is 7.25. The molecule has 3 heterocycles. The molecule has 1 saturated heterocycles. The SMILES string of the molecule is CC(C)(CNc1cc(C2CC2)nn2cnnc12)N1CCOCC1. The highest BCUT2D eigenvalue weighted by Crippen LogP contribution is 2.40. The Labute approximate surface area is 136 Å². The van der Waals surface area contributed by atoms with Gasteiger partial charge in [0.25, 0.3) is 0 Å². The van der Waals surface area contributed by atoms with E-state index in [1.54, 1.807) is 10.8 Å². The van der Waals surface area contributed by atoms with Crippen LogP contribution in [0, 0.1) is 0 Å². The maximum Gasteiger partial charge on any atom is 0.200 e. The van der Waals surface area contributed by atoms with Crippen molar-refractivity contribution in [3.8, 4) is 0 Å². The molecule has 4 rings (SSSR count). The second-order valence-corrected chi connectivity index (χ2v) is 7.12. The number of aromatic nitrogens is 4. The molecule has 0 aromatic carbocycles. The summed E-state index contributed by atoms with van der Waals surface area (Å²) in [5.74, 6) is 0.606. The second kappa shape index (κ2) is 5.72. The average Bonchev–Trinajstić information content (AvgIpc) is 3.31. The Balaban J connectivity index is 1.53. The predicted molar refractivity (Wildman–Crippen MR) is 87.7 cm³/mol. The van der Waals surface area contributed by atoms with Gasteiger partial charge in [0.2, 0.25) is 5.65 Å². The van der Waals surface area contributed by atoms with E-state index >= 15 is 0 Å². The summed E-state index contributed by atoms with van der Waals surface area (Å²) >= 11 is 0. The third-order valence-corrected chi connectivity index (χ3v) is 4.86. The van der Waals surface area contributed by atoms with Crippen molar-refractivity contribution in [3.05, 3.63) is 18.1 Å². The Morgan fingerprint density at radius 3 is 2.83 bits per heavy atom. The van der Waals surface area contributed by atoms with E-state index in [-0.39, 0.29) is 5.54 Å². The van der Waals surface area contributed by atoms with Crippen LogP contribution >= 0.6 is 0 Å². The van der Waals surface area contributed by atoms with E-state index in [9.17, 15) is 0 Å². The van der Waals surface area contributed by atoms with Gasteiger partial charge < -0.3 is 10.1 Å². The van der Waals surface area contributed by atoms with Crippen molar-refractivity contribution in [2.75, 3.05) is 38.2 Å². The van der Waals surface area contributed by atoms with E-state index in [1.165, 1.54) is 12.8 Å². The van der Waals surface area contributed by atoms with Crippen molar-refractivity contribution >= 4 is 11.3 Å². The number of fused-ring (bicyclic) bond motifs is 1. The molecule has 0 spiro atoms. The Morgan fingerprint density at radius 2 is 2.09 bits per heavy atom. The summed E-state index contributed by atoms with van der Waals surface area (Å²) in [7, 11) is 0. The van der Waals surface area contributed by atoms with Crippen LogP contribution in [0.4, 0.5) is 5.69 Å². The summed E-state index contributed by atoms with van der Waals surface area (Å²) in [6.45, 7) is 9.00. The molecule has 23 heavy (non-hydrogen) atoms. The number of morpholine rings is 1. The number of nitrogens with zero attached hydrogens (tertiary/aromatic N) is 5. The van der Waals surface area contributed by atoms with Crippen LogP contribution in [0.25, 0.3) is 5.65 Å². The molecule has 1 N–H and O–H groups in total. The predicted octanol–water partition coefficient (Wildman–Crippen LogP) is 1.52. The Morgan fingerprint density at radius 1 is 1.30 bits per heavy atom. The van der Waals surface area contributed by atoms with E-state index < -0.39 is 0 Å². The van der Waals surface area contributed by atoms with Crippen molar-refractivity contribution in [1.82, 2.24) is 24.7 Å². The van der Waals surface area contributed by atoms with Gasteiger partial charge in [0.15, 0.2) is 0 Å². The molecule has 7 heteroatoms. The largest absolute Gasteiger partial charge is 0.380 e. The minimum absolute atomic E-state index is 0.0593. The third-order valence-electron chi connectivity index (χ3n) is 4.86. The van der Waals surface area contributed by atoms with Gasteiger partial charge in [-0.3, -0.25) is 4.90 Å². The fourth-order valence-corrected chi connectivity index (χ4v) is 3.15. The van der Waals surface area contributed by atoms with Gasteiger partial charge in [0.1, 0.15) is 6.33 Å². The number of hydrogen-bond donors (Lipinski definition) is 1. The lowest BCUT2D eigenvalue weighted by molar-refractivity contribution is -0.00568. The first-order valence-corrected chi connectivity index (χ1v) is 8.41. The molecule has 0 radical (unpaired) electrons. The molecule has 1 aliphatic heterocycles. The highest BCUT2D eigenvalue weighted by Gasteiger charge is 2.29. The zero-order valence-electron chi connectivity index (χ0n) is 13.8. The van der Waals surface area contributed by atoms with E-state index in [0.29, 0.717) is 5.92 Å². The molecule has 2 aliphatic rings. The van der Waals surface area contributed by atoms with Crippen molar-refractivity contribution in [2.45, 2.75) is 38.1 Å². The van der Waals surface area contributed by atoms with E-state index in [4.69, 9.17) is 4.74 Å². The van der Waals surface area contributed by atoms with Gasteiger partial charge in [-0.25, -0.2) is 0 Å². The zero-order valence-corrected chi connectivity index (χ0v) is 13.8. The van der Waals surface area contributed by atoms with Crippen molar-refractivity contribution in [2.24, 2.45) is 0 Å². The van der Waals surface area contributed by atoms with Crippen LogP contribution in [0.5, 0.6) is 0 Å². The zero-order chi connectivity index (χ0) is 15.9. The van der Waals surface area contributed by atoms with E-state index in [1.807, 2.05) is 0 Å². The van der Waals surface area contributed by atoms with Gasteiger partial charge in [0.05, 0.1) is 24.6 Å². The third kappa shape index (κ3) is 3.03. The Hall–Kier alpha value is -1.73.